The third kappa shape index (κ3) is 5.87. The third-order valence-electron chi connectivity index (χ3n) is 6.71. The number of rotatable bonds is 11. The van der Waals surface area contributed by atoms with Crippen molar-refractivity contribution in [2.45, 2.75) is 19.3 Å². The van der Waals surface area contributed by atoms with E-state index < -0.39 is 0 Å². The molecular weight excluding hydrogens is 472 g/mol. The van der Waals surface area contributed by atoms with E-state index in [-0.39, 0.29) is 6.17 Å². The Bertz CT molecular complexity index is 1110. The van der Waals surface area contributed by atoms with Gasteiger partial charge in [0.25, 0.3) is 0 Å². The summed E-state index contributed by atoms with van der Waals surface area (Å²) < 4.78 is 33.1. The van der Waals surface area contributed by atoms with Gasteiger partial charge in [0, 0.05) is 32.2 Å². The average Bonchev–Trinajstić information content (AvgIpc) is 3.33. The zero-order valence-electron chi connectivity index (χ0n) is 22.4. The number of benzene rings is 3. The molecule has 8 nitrogen and oxygen atoms in total. The van der Waals surface area contributed by atoms with Gasteiger partial charge in [-0.1, -0.05) is 12.1 Å². The lowest BCUT2D eigenvalue weighted by Gasteiger charge is -2.31. The molecule has 4 rings (SSSR count). The van der Waals surface area contributed by atoms with E-state index in [1.807, 2.05) is 30.3 Å². The highest BCUT2D eigenvalue weighted by atomic mass is 16.5. The number of ether oxygens (including phenoxy) is 6. The van der Waals surface area contributed by atoms with E-state index in [0.29, 0.717) is 0 Å². The van der Waals surface area contributed by atoms with Crippen LogP contribution in [0.3, 0.4) is 0 Å². The van der Waals surface area contributed by atoms with E-state index in [4.69, 9.17) is 28.4 Å². The molecule has 0 bridgehead atoms. The van der Waals surface area contributed by atoms with Crippen LogP contribution in [0.2, 0.25) is 0 Å². The van der Waals surface area contributed by atoms with Gasteiger partial charge in [-0.15, -0.1) is 0 Å². The van der Waals surface area contributed by atoms with Crippen LogP contribution in [0.4, 0.5) is 0 Å². The predicted octanol–water partition coefficient (Wildman–Crippen LogP) is 4.75. The van der Waals surface area contributed by atoms with Crippen molar-refractivity contribution in [2.24, 2.45) is 0 Å². The van der Waals surface area contributed by atoms with Gasteiger partial charge in [-0.2, -0.15) is 0 Å². The Kier molecular flexibility index (Phi) is 8.63. The molecule has 3 aromatic rings. The van der Waals surface area contributed by atoms with Crippen LogP contribution >= 0.6 is 0 Å². The molecule has 0 saturated carbocycles. The molecule has 1 aliphatic heterocycles. The van der Waals surface area contributed by atoms with Crippen molar-refractivity contribution in [1.82, 2.24) is 9.80 Å². The number of methoxy groups -OCH3 is 6. The lowest BCUT2D eigenvalue weighted by atomic mass is 10.1. The molecule has 3 aromatic carbocycles. The Morgan fingerprint density at radius 1 is 0.541 bits per heavy atom. The predicted molar refractivity (Wildman–Crippen MR) is 142 cm³/mol. The van der Waals surface area contributed by atoms with Gasteiger partial charge >= 0.3 is 0 Å². The Labute approximate surface area is 219 Å². The Morgan fingerprint density at radius 2 is 0.973 bits per heavy atom. The largest absolute Gasteiger partial charge is 0.497 e. The molecule has 1 heterocycles. The van der Waals surface area contributed by atoms with E-state index >= 15 is 0 Å². The maximum Gasteiger partial charge on any atom is 0.161 e. The van der Waals surface area contributed by atoms with E-state index in [1.54, 1.807) is 42.7 Å². The van der Waals surface area contributed by atoms with Crippen molar-refractivity contribution in [1.29, 1.82) is 0 Å². The van der Waals surface area contributed by atoms with Crippen LogP contribution in [0.25, 0.3) is 0 Å². The van der Waals surface area contributed by atoms with Crippen LogP contribution < -0.4 is 28.4 Å². The fourth-order valence-corrected chi connectivity index (χ4v) is 4.89. The summed E-state index contributed by atoms with van der Waals surface area (Å²) in [4.78, 5) is 4.91. The molecule has 0 aromatic heterocycles. The minimum absolute atomic E-state index is 0.00481. The van der Waals surface area contributed by atoms with Crippen LogP contribution in [0.1, 0.15) is 22.9 Å². The molecule has 1 saturated heterocycles. The number of hydrogen-bond acceptors (Lipinski definition) is 8. The molecule has 1 fully saturated rings. The normalized spacial score (nSPS) is 14.4. The zero-order chi connectivity index (χ0) is 26.4. The van der Waals surface area contributed by atoms with E-state index in [9.17, 15) is 0 Å². The molecular formula is C29H36N2O6. The molecule has 8 heteroatoms. The fraction of sp³-hybridized carbons (Fsp3) is 0.379. The molecule has 0 atom stereocenters. The molecule has 198 valence electrons. The summed E-state index contributed by atoms with van der Waals surface area (Å²) in [6.45, 7) is 3.28. The first-order valence-corrected chi connectivity index (χ1v) is 12.2. The van der Waals surface area contributed by atoms with Gasteiger partial charge in [0.2, 0.25) is 0 Å². The number of nitrogens with zero attached hydrogens (tertiary/aromatic N) is 2. The quantitative estimate of drug-likeness (QED) is 0.368. The summed E-state index contributed by atoms with van der Waals surface area (Å²) in [6, 6.07) is 18.2. The van der Waals surface area contributed by atoms with Crippen LogP contribution in [0.15, 0.2) is 54.6 Å². The Morgan fingerprint density at radius 3 is 1.35 bits per heavy atom. The van der Waals surface area contributed by atoms with E-state index in [0.717, 1.165) is 77.4 Å². The van der Waals surface area contributed by atoms with Gasteiger partial charge in [0.15, 0.2) is 23.0 Å². The summed E-state index contributed by atoms with van der Waals surface area (Å²) in [5.74, 6) is 4.41. The Balaban J connectivity index is 1.68. The second-order valence-corrected chi connectivity index (χ2v) is 8.84. The molecule has 0 amide bonds. The average molecular weight is 509 g/mol. The zero-order valence-corrected chi connectivity index (χ0v) is 22.4. The van der Waals surface area contributed by atoms with Crippen molar-refractivity contribution in [3.63, 3.8) is 0 Å². The molecule has 0 N–H and O–H groups in total. The van der Waals surface area contributed by atoms with Crippen LogP contribution in [0.5, 0.6) is 34.5 Å². The minimum Gasteiger partial charge on any atom is -0.497 e. The van der Waals surface area contributed by atoms with E-state index in [2.05, 4.69) is 34.1 Å². The van der Waals surface area contributed by atoms with Crippen LogP contribution in [-0.2, 0) is 13.1 Å². The van der Waals surface area contributed by atoms with Gasteiger partial charge in [-0.25, -0.2) is 0 Å². The summed E-state index contributed by atoms with van der Waals surface area (Å²) >= 11 is 0. The first kappa shape index (κ1) is 26.4. The molecule has 1 aliphatic rings. The maximum atomic E-state index is 5.60. The van der Waals surface area contributed by atoms with Gasteiger partial charge in [-0.05, 0) is 53.1 Å². The second-order valence-electron chi connectivity index (χ2n) is 8.84. The van der Waals surface area contributed by atoms with Crippen molar-refractivity contribution in [3.8, 4) is 34.5 Å². The first-order valence-electron chi connectivity index (χ1n) is 12.2. The van der Waals surface area contributed by atoms with Gasteiger partial charge in [-0.3, -0.25) is 9.80 Å². The summed E-state index contributed by atoms with van der Waals surface area (Å²) in [6.07, 6.45) is 0.00481. The fourth-order valence-electron chi connectivity index (χ4n) is 4.89. The monoisotopic (exact) mass is 508 g/mol. The minimum atomic E-state index is 0.00481. The van der Waals surface area contributed by atoms with Crippen molar-refractivity contribution >= 4 is 0 Å². The standard InChI is InChI=1S/C29H36N2O6/c1-32-23-15-22(16-24(17-23)33-2)29-30(18-20-7-9-25(34-3)27(13-20)36-5)11-12-31(29)19-21-8-10-26(35-4)28(14-21)37-6/h7-10,13-17,29H,11-12,18-19H2,1-6H3. The highest BCUT2D eigenvalue weighted by molar-refractivity contribution is 5.44. The van der Waals surface area contributed by atoms with Crippen molar-refractivity contribution in [2.75, 3.05) is 55.7 Å². The van der Waals surface area contributed by atoms with Crippen LogP contribution in [0, 0.1) is 0 Å². The smallest absolute Gasteiger partial charge is 0.161 e. The lowest BCUT2D eigenvalue weighted by Crippen LogP contribution is -2.30. The SMILES string of the molecule is COc1cc(OC)cc(C2N(Cc3ccc(OC)c(OC)c3)CCN2Cc2ccc(OC)c(OC)c2)c1. The molecule has 0 aliphatic carbocycles. The first-order chi connectivity index (χ1) is 18.0. The maximum absolute atomic E-state index is 5.60. The molecule has 0 radical (unpaired) electrons. The van der Waals surface area contributed by atoms with E-state index in [1.165, 1.54) is 0 Å². The lowest BCUT2D eigenvalue weighted by molar-refractivity contribution is 0.125. The topological polar surface area (TPSA) is 61.9 Å². The molecule has 37 heavy (non-hydrogen) atoms. The van der Waals surface area contributed by atoms with Gasteiger partial charge < -0.3 is 28.4 Å². The second kappa shape index (κ2) is 12.1. The van der Waals surface area contributed by atoms with Crippen molar-refractivity contribution in [3.05, 3.63) is 71.3 Å². The summed E-state index contributed by atoms with van der Waals surface area (Å²) in [5.41, 5.74) is 3.39. The summed E-state index contributed by atoms with van der Waals surface area (Å²) in [7, 11) is 9.97. The van der Waals surface area contributed by atoms with Crippen molar-refractivity contribution < 1.29 is 28.4 Å². The van der Waals surface area contributed by atoms with Crippen LogP contribution in [-0.4, -0.2) is 65.5 Å². The number of hydrogen-bond donors (Lipinski definition) is 0. The third-order valence-corrected chi connectivity index (χ3v) is 6.71. The van der Waals surface area contributed by atoms with Gasteiger partial charge in [0.05, 0.1) is 48.8 Å². The summed E-state index contributed by atoms with van der Waals surface area (Å²) in [5, 5.41) is 0. The highest BCUT2D eigenvalue weighted by Gasteiger charge is 2.34. The van der Waals surface area contributed by atoms with Gasteiger partial charge in [0.1, 0.15) is 11.5 Å². The molecule has 0 unspecified atom stereocenters. The molecule has 0 spiro atoms. The highest BCUT2D eigenvalue weighted by Crippen LogP contribution is 2.38. The Hall–Kier alpha value is -3.62.